The first-order valence-corrected chi connectivity index (χ1v) is 11.1. The summed E-state index contributed by atoms with van der Waals surface area (Å²) in [7, 11) is 0. The first kappa shape index (κ1) is 20.7. The van der Waals surface area contributed by atoms with E-state index in [0.29, 0.717) is 24.1 Å². The van der Waals surface area contributed by atoms with E-state index in [2.05, 4.69) is 38.9 Å². The van der Waals surface area contributed by atoms with Gasteiger partial charge in [-0.3, -0.25) is 9.80 Å². The van der Waals surface area contributed by atoms with Crippen molar-refractivity contribution in [2.45, 2.75) is 33.2 Å². The summed E-state index contributed by atoms with van der Waals surface area (Å²) in [6, 6.07) is 3.47. The van der Waals surface area contributed by atoms with Crippen molar-refractivity contribution in [3.63, 3.8) is 0 Å². The lowest BCUT2D eigenvalue weighted by molar-refractivity contribution is 0.199. The molecule has 3 aromatic heterocycles. The van der Waals surface area contributed by atoms with Crippen LogP contribution in [0.2, 0.25) is 0 Å². The van der Waals surface area contributed by atoms with Gasteiger partial charge >= 0.3 is 6.03 Å². The van der Waals surface area contributed by atoms with Crippen LogP contribution in [0.15, 0.2) is 30.7 Å². The Balaban J connectivity index is 1.37. The molecule has 1 saturated heterocycles. The highest BCUT2D eigenvalue weighted by atomic mass is 19.1. The van der Waals surface area contributed by atoms with E-state index in [0.717, 1.165) is 49.5 Å². The predicted octanol–water partition coefficient (Wildman–Crippen LogP) is 3.30. The standard InChI is InChI=1S/C23H28FN7O/c1-4-28-9-10-29(13-16(28)3)20-5-7-25-22-17(20)6-8-31(22)23(32)27-19-14-30-12-15(2)26-21(30)11-18(19)24/h5,7,11-12,14,16H,4,6,8-10,13H2,1-3H3,(H,27,32)/t16-/m0/s1. The second kappa shape index (κ2) is 8.05. The van der Waals surface area contributed by atoms with Crippen LogP contribution in [0, 0.1) is 12.7 Å². The highest BCUT2D eigenvalue weighted by molar-refractivity contribution is 6.03. The lowest BCUT2D eigenvalue weighted by Gasteiger charge is -2.41. The number of hydrogen-bond acceptors (Lipinski definition) is 5. The zero-order chi connectivity index (χ0) is 22.4. The van der Waals surface area contributed by atoms with Gasteiger partial charge in [-0.05, 0) is 32.9 Å². The summed E-state index contributed by atoms with van der Waals surface area (Å²) in [4.78, 5) is 28.3. The molecule has 2 aliphatic rings. The van der Waals surface area contributed by atoms with Gasteiger partial charge < -0.3 is 14.6 Å². The second-order valence-corrected chi connectivity index (χ2v) is 8.57. The van der Waals surface area contributed by atoms with Crippen LogP contribution in [-0.2, 0) is 6.42 Å². The number of nitrogens with one attached hydrogen (secondary N) is 1. The van der Waals surface area contributed by atoms with Crippen LogP contribution in [0.4, 0.5) is 26.4 Å². The number of aryl methyl sites for hydroxylation is 1. The maximum absolute atomic E-state index is 14.6. The van der Waals surface area contributed by atoms with Crippen molar-refractivity contribution in [1.29, 1.82) is 0 Å². The van der Waals surface area contributed by atoms with Crippen molar-refractivity contribution >= 4 is 28.9 Å². The van der Waals surface area contributed by atoms with E-state index < -0.39 is 5.82 Å². The number of nitrogens with zero attached hydrogens (tertiary/aromatic N) is 6. The summed E-state index contributed by atoms with van der Waals surface area (Å²) in [5.74, 6) is 0.144. The molecule has 5 heterocycles. The van der Waals surface area contributed by atoms with Crippen molar-refractivity contribution in [2.75, 3.05) is 47.8 Å². The molecule has 0 aliphatic carbocycles. The SMILES string of the molecule is CCN1CCN(c2ccnc3c2CCN3C(=O)Nc2cn3cc(C)nc3cc2F)C[C@@H]1C. The molecule has 1 N–H and O–H groups in total. The lowest BCUT2D eigenvalue weighted by Crippen LogP contribution is -2.52. The first-order chi connectivity index (χ1) is 15.4. The van der Waals surface area contributed by atoms with Crippen LogP contribution in [0.1, 0.15) is 25.1 Å². The maximum atomic E-state index is 14.6. The fourth-order valence-electron chi connectivity index (χ4n) is 4.86. The number of rotatable bonds is 3. The molecule has 1 fully saturated rings. The summed E-state index contributed by atoms with van der Waals surface area (Å²) >= 11 is 0. The number of pyridine rings is 2. The van der Waals surface area contributed by atoms with E-state index in [1.807, 2.05) is 13.0 Å². The van der Waals surface area contributed by atoms with Gasteiger partial charge in [0.15, 0.2) is 5.82 Å². The highest BCUT2D eigenvalue weighted by Crippen LogP contribution is 2.35. The third-order valence-corrected chi connectivity index (χ3v) is 6.51. The number of fused-ring (bicyclic) bond motifs is 2. The summed E-state index contributed by atoms with van der Waals surface area (Å²) in [6.07, 6.45) is 5.84. The van der Waals surface area contributed by atoms with Gasteiger partial charge in [0.2, 0.25) is 0 Å². The third-order valence-electron chi connectivity index (χ3n) is 6.51. The van der Waals surface area contributed by atoms with E-state index in [9.17, 15) is 9.18 Å². The molecule has 8 nitrogen and oxygen atoms in total. The van der Waals surface area contributed by atoms with Gasteiger partial charge in [-0.25, -0.2) is 19.2 Å². The molecular formula is C23H28FN7O. The van der Waals surface area contributed by atoms with Crippen LogP contribution in [0.5, 0.6) is 0 Å². The van der Waals surface area contributed by atoms with Crippen LogP contribution < -0.4 is 15.1 Å². The number of imidazole rings is 1. The van der Waals surface area contributed by atoms with E-state index in [-0.39, 0.29) is 11.7 Å². The van der Waals surface area contributed by atoms with E-state index in [1.165, 1.54) is 6.07 Å². The largest absolute Gasteiger partial charge is 0.368 e. The lowest BCUT2D eigenvalue weighted by atomic mass is 10.1. The Kier molecular flexibility index (Phi) is 5.21. The normalized spacial score (nSPS) is 18.9. The monoisotopic (exact) mass is 437 g/mol. The van der Waals surface area contributed by atoms with Gasteiger partial charge in [0.25, 0.3) is 0 Å². The van der Waals surface area contributed by atoms with Gasteiger partial charge in [0.1, 0.15) is 11.5 Å². The summed E-state index contributed by atoms with van der Waals surface area (Å²) < 4.78 is 16.3. The fraction of sp³-hybridized carbons (Fsp3) is 0.435. The molecule has 5 rings (SSSR count). The zero-order valence-electron chi connectivity index (χ0n) is 18.7. The number of hydrogen-bond donors (Lipinski definition) is 1. The Morgan fingerprint density at radius 1 is 1.28 bits per heavy atom. The molecule has 2 amide bonds. The smallest absolute Gasteiger partial charge is 0.327 e. The Bertz CT molecular complexity index is 1180. The minimum atomic E-state index is -0.514. The maximum Gasteiger partial charge on any atom is 0.327 e. The number of halogens is 1. The van der Waals surface area contributed by atoms with Gasteiger partial charge in [0, 0.05) is 68.1 Å². The van der Waals surface area contributed by atoms with Crippen molar-refractivity contribution in [2.24, 2.45) is 0 Å². The summed E-state index contributed by atoms with van der Waals surface area (Å²) in [5.41, 5.74) is 3.64. The topological polar surface area (TPSA) is 69.0 Å². The summed E-state index contributed by atoms with van der Waals surface area (Å²) in [5, 5.41) is 2.72. The number of urea groups is 1. The Morgan fingerprint density at radius 2 is 2.12 bits per heavy atom. The molecule has 32 heavy (non-hydrogen) atoms. The highest BCUT2D eigenvalue weighted by Gasteiger charge is 2.32. The number of piperazine rings is 1. The minimum absolute atomic E-state index is 0.119. The quantitative estimate of drug-likeness (QED) is 0.681. The first-order valence-electron chi connectivity index (χ1n) is 11.1. The van der Waals surface area contributed by atoms with E-state index in [4.69, 9.17) is 0 Å². The van der Waals surface area contributed by atoms with E-state index >= 15 is 0 Å². The molecule has 0 spiro atoms. The number of likely N-dealkylation sites (N-methyl/N-ethyl adjacent to an activating group) is 1. The Labute approximate surface area is 186 Å². The zero-order valence-corrected chi connectivity index (χ0v) is 18.7. The molecule has 3 aromatic rings. The van der Waals surface area contributed by atoms with Gasteiger partial charge in [-0.15, -0.1) is 0 Å². The third kappa shape index (κ3) is 3.56. The molecule has 0 unspecified atom stereocenters. The van der Waals surface area contributed by atoms with Crippen molar-refractivity contribution in [1.82, 2.24) is 19.3 Å². The molecule has 9 heteroatoms. The van der Waals surface area contributed by atoms with Crippen molar-refractivity contribution in [3.05, 3.63) is 47.8 Å². The Morgan fingerprint density at radius 3 is 2.91 bits per heavy atom. The molecule has 1 atom stereocenters. The van der Waals surface area contributed by atoms with Gasteiger partial charge in [-0.2, -0.15) is 0 Å². The van der Waals surface area contributed by atoms with Crippen LogP contribution in [0.25, 0.3) is 5.65 Å². The number of carbonyl (C=O) groups is 1. The fourth-order valence-corrected chi connectivity index (χ4v) is 4.86. The molecule has 0 radical (unpaired) electrons. The molecule has 0 aromatic carbocycles. The van der Waals surface area contributed by atoms with Crippen molar-refractivity contribution in [3.8, 4) is 0 Å². The van der Waals surface area contributed by atoms with Gasteiger partial charge in [-0.1, -0.05) is 6.92 Å². The average Bonchev–Trinajstić information content (AvgIpc) is 3.36. The minimum Gasteiger partial charge on any atom is -0.368 e. The molecular weight excluding hydrogens is 409 g/mol. The molecule has 0 saturated carbocycles. The number of aromatic nitrogens is 3. The molecule has 0 bridgehead atoms. The molecule has 168 valence electrons. The average molecular weight is 438 g/mol. The van der Waals surface area contributed by atoms with Crippen molar-refractivity contribution < 1.29 is 9.18 Å². The number of amides is 2. The number of carbonyl (C=O) groups excluding carboxylic acids is 1. The molecule has 2 aliphatic heterocycles. The van der Waals surface area contributed by atoms with Crippen LogP contribution in [-0.4, -0.2) is 64.1 Å². The van der Waals surface area contributed by atoms with Crippen LogP contribution >= 0.6 is 0 Å². The number of anilines is 3. The van der Waals surface area contributed by atoms with Gasteiger partial charge in [0.05, 0.1) is 11.4 Å². The summed E-state index contributed by atoms with van der Waals surface area (Å²) in [6.45, 7) is 10.8. The second-order valence-electron chi connectivity index (χ2n) is 8.57. The van der Waals surface area contributed by atoms with E-state index in [1.54, 1.807) is 27.9 Å². The van der Waals surface area contributed by atoms with Crippen LogP contribution in [0.3, 0.4) is 0 Å². The predicted molar refractivity (Wildman–Crippen MR) is 123 cm³/mol. The Hall–Kier alpha value is -3.20.